The summed E-state index contributed by atoms with van der Waals surface area (Å²) in [5.41, 5.74) is 2.47. The third kappa shape index (κ3) is 9.73. The molecule has 0 amide bonds. The molecule has 166 valence electrons. The Labute approximate surface area is 184 Å². The first-order valence-corrected chi connectivity index (χ1v) is 12.3. The molecule has 3 heteroatoms. The smallest absolute Gasteiger partial charge is 0.159 e. The minimum atomic E-state index is 0.570. The van der Waals surface area contributed by atoms with Gasteiger partial charge in [0.25, 0.3) is 0 Å². The Morgan fingerprint density at radius 2 is 1.37 bits per heavy atom. The predicted molar refractivity (Wildman–Crippen MR) is 128 cm³/mol. The average molecular weight is 411 g/mol. The van der Waals surface area contributed by atoms with Crippen LogP contribution in [-0.4, -0.2) is 16.6 Å². The van der Waals surface area contributed by atoms with Gasteiger partial charge in [-0.05, 0) is 30.7 Å². The van der Waals surface area contributed by atoms with E-state index in [0.29, 0.717) is 5.92 Å². The van der Waals surface area contributed by atoms with E-state index in [1.165, 1.54) is 76.2 Å². The molecule has 1 atom stereocenters. The quantitative estimate of drug-likeness (QED) is 0.263. The Bertz CT molecular complexity index is 666. The van der Waals surface area contributed by atoms with Crippen molar-refractivity contribution in [3.63, 3.8) is 0 Å². The molecular weight excluding hydrogens is 368 g/mol. The third-order valence-corrected chi connectivity index (χ3v) is 5.74. The summed E-state index contributed by atoms with van der Waals surface area (Å²) in [4.78, 5) is 9.02. The number of hydrogen-bond donors (Lipinski definition) is 0. The molecular formula is C27H42N2O. The molecule has 0 fully saturated rings. The Morgan fingerprint density at radius 1 is 0.767 bits per heavy atom. The van der Waals surface area contributed by atoms with Crippen LogP contribution in [0.4, 0.5) is 0 Å². The van der Waals surface area contributed by atoms with Crippen LogP contribution in [0.15, 0.2) is 36.7 Å². The largest absolute Gasteiger partial charge is 0.490 e. The summed E-state index contributed by atoms with van der Waals surface area (Å²) in [6.45, 7) is 7.51. The zero-order chi connectivity index (χ0) is 21.4. The molecule has 0 spiro atoms. The Balaban J connectivity index is 1.72. The predicted octanol–water partition coefficient (Wildman–Crippen LogP) is 8.03. The molecule has 0 saturated carbocycles. The lowest BCUT2D eigenvalue weighted by molar-refractivity contribution is 0.247. The summed E-state index contributed by atoms with van der Waals surface area (Å²) in [6.07, 6.45) is 19.3. The molecule has 2 rings (SSSR count). The van der Waals surface area contributed by atoms with Crippen LogP contribution in [-0.2, 0) is 6.42 Å². The van der Waals surface area contributed by atoms with Crippen molar-refractivity contribution in [3.8, 4) is 17.1 Å². The molecule has 3 nitrogen and oxygen atoms in total. The minimum absolute atomic E-state index is 0.570. The van der Waals surface area contributed by atoms with Crippen LogP contribution in [0.3, 0.4) is 0 Å². The van der Waals surface area contributed by atoms with E-state index in [1.807, 2.05) is 0 Å². The van der Waals surface area contributed by atoms with Crippen LogP contribution in [0.1, 0.15) is 97.0 Å². The monoisotopic (exact) mass is 410 g/mol. The van der Waals surface area contributed by atoms with Crippen LogP contribution in [0.25, 0.3) is 11.4 Å². The molecule has 1 aromatic heterocycles. The number of rotatable bonds is 16. The summed E-state index contributed by atoms with van der Waals surface area (Å²) in [5.74, 6) is 2.10. The molecule has 0 saturated heterocycles. The first kappa shape index (κ1) is 24.4. The summed E-state index contributed by atoms with van der Waals surface area (Å²) in [5, 5.41) is 0. The van der Waals surface area contributed by atoms with Gasteiger partial charge in [-0.1, -0.05) is 103 Å². The topological polar surface area (TPSA) is 35.0 Å². The van der Waals surface area contributed by atoms with Crippen molar-refractivity contribution in [1.82, 2.24) is 9.97 Å². The van der Waals surface area contributed by atoms with E-state index < -0.39 is 0 Å². The Hall–Kier alpha value is -1.90. The lowest BCUT2D eigenvalue weighted by atomic mass is 10.0. The maximum atomic E-state index is 5.89. The Morgan fingerprint density at radius 3 is 2.03 bits per heavy atom. The van der Waals surface area contributed by atoms with Gasteiger partial charge in [-0.15, -0.1) is 0 Å². The zero-order valence-corrected chi connectivity index (χ0v) is 19.5. The zero-order valence-electron chi connectivity index (χ0n) is 19.5. The van der Waals surface area contributed by atoms with Gasteiger partial charge in [-0.3, -0.25) is 0 Å². The van der Waals surface area contributed by atoms with E-state index in [0.717, 1.165) is 30.2 Å². The highest BCUT2D eigenvalue weighted by Gasteiger charge is 2.06. The van der Waals surface area contributed by atoms with Crippen LogP contribution in [0.2, 0.25) is 0 Å². The SMILES string of the molecule is CCCCCCCCc1ccc(-c2ncc(OCC(C)CCCCCC)cn2)cc1. The molecule has 0 aliphatic heterocycles. The fraction of sp³-hybridized carbons (Fsp3) is 0.630. The van der Waals surface area contributed by atoms with E-state index >= 15 is 0 Å². The fourth-order valence-corrected chi connectivity index (χ4v) is 3.71. The van der Waals surface area contributed by atoms with E-state index in [2.05, 4.69) is 55.0 Å². The highest BCUT2D eigenvalue weighted by molar-refractivity contribution is 5.55. The first-order chi connectivity index (χ1) is 14.7. The van der Waals surface area contributed by atoms with Gasteiger partial charge in [0.2, 0.25) is 0 Å². The summed E-state index contributed by atoms with van der Waals surface area (Å²) in [7, 11) is 0. The second-order valence-electron chi connectivity index (χ2n) is 8.72. The van der Waals surface area contributed by atoms with Gasteiger partial charge < -0.3 is 4.74 Å². The van der Waals surface area contributed by atoms with Gasteiger partial charge in [0.15, 0.2) is 11.6 Å². The highest BCUT2D eigenvalue weighted by Crippen LogP contribution is 2.19. The number of aromatic nitrogens is 2. The third-order valence-electron chi connectivity index (χ3n) is 5.74. The fourth-order valence-electron chi connectivity index (χ4n) is 3.71. The molecule has 0 aliphatic rings. The molecule has 1 heterocycles. The summed E-state index contributed by atoms with van der Waals surface area (Å²) >= 11 is 0. The van der Waals surface area contributed by atoms with E-state index in [9.17, 15) is 0 Å². The standard InChI is InChI=1S/C27H42N2O/c1-4-6-8-10-11-13-15-24-16-18-25(19-17-24)27-28-20-26(21-29-27)30-22-23(3)14-12-9-7-5-2/h16-21,23H,4-15,22H2,1-3H3. The molecule has 1 aromatic carbocycles. The van der Waals surface area contributed by atoms with Crippen molar-refractivity contribution in [2.75, 3.05) is 6.61 Å². The van der Waals surface area contributed by atoms with Crippen LogP contribution in [0, 0.1) is 5.92 Å². The number of benzene rings is 1. The second-order valence-corrected chi connectivity index (χ2v) is 8.72. The number of unbranched alkanes of at least 4 members (excludes halogenated alkanes) is 8. The van der Waals surface area contributed by atoms with Crippen LogP contribution >= 0.6 is 0 Å². The summed E-state index contributed by atoms with van der Waals surface area (Å²) in [6, 6.07) is 8.71. The number of ether oxygens (including phenoxy) is 1. The van der Waals surface area contributed by atoms with Gasteiger partial charge in [-0.25, -0.2) is 9.97 Å². The normalized spacial score (nSPS) is 12.1. The Kier molecular flexibility index (Phi) is 12.2. The summed E-state index contributed by atoms with van der Waals surface area (Å²) < 4.78 is 5.89. The van der Waals surface area contributed by atoms with Crippen LogP contribution < -0.4 is 4.74 Å². The second kappa shape index (κ2) is 15.0. The van der Waals surface area contributed by atoms with Gasteiger partial charge >= 0.3 is 0 Å². The van der Waals surface area contributed by atoms with Crippen molar-refractivity contribution in [3.05, 3.63) is 42.2 Å². The van der Waals surface area contributed by atoms with Crippen molar-refractivity contribution in [2.24, 2.45) is 5.92 Å². The van der Waals surface area contributed by atoms with E-state index in [-0.39, 0.29) is 0 Å². The van der Waals surface area contributed by atoms with Crippen molar-refractivity contribution >= 4 is 0 Å². The van der Waals surface area contributed by atoms with E-state index in [4.69, 9.17) is 4.74 Å². The maximum absolute atomic E-state index is 5.89. The molecule has 0 aliphatic carbocycles. The lowest BCUT2D eigenvalue weighted by Crippen LogP contribution is -2.09. The molecule has 1 unspecified atom stereocenters. The van der Waals surface area contributed by atoms with Crippen LogP contribution in [0.5, 0.6) is 5.75 Å². The number of aryl methyl sites for hydroxylation is 1. The average Bonchev–Trinajstić information content (AvgIpc) is 2.78. The van der Waals surface area contributed by atoms with Crippen molar-refractivity contribution in [2.45, 2.75) is 97.8 Å². The number of hydrogen-bond acceptors (Lipinski definition) is 3. The lowest BCUT2D eigenvalue weighted by Gasteiger charge is -2.12. The van der Waals surface area contributed by atoms with Gasteiger partial charge in [0.1, 0.15) is 0 Å². The van der Waals surface area contributed by atoms with Gasteiger partial charge in [-0.2, -0.15) is 0 Å². The minimum Gasteiger partial charge on any atom is -0.490 e. The molecule has 0 bridgehead atoms. The number of nitrogens with zero attached hydrogens (tertiary/aromatic N) is 2. The van der Waals surface area contributed by atoms with Crippen molar-refractivity contribution < 1.29 is 4.74 Å². The maximum Gasteiger partial charge on any atom is 0.159 e. The first-order valence-electron chi connectivity index (χ1n) is 12.3. The molecule has 0 radical (unpaired) electrons. The van der Waals surface area contributed by atoms with Crippen molar-refractivity contribution in [1.29, 1.82) is 0 Å². The van der Waals surface area contributed by atoms with Gasteiger partial charge in [0.05, 0.1) is 19.0 Å². The van der Waals surface area contributed by atoms with Gasteiger partial charge in [0, 0.05) is 5.56 Å². The van der Waals surface area contributed by atoms with E-state index in [1.54, 1.807) is 12.4 Å². The highest BCUT2D eigenvalue weighted by atomic mass is 16.5. The molecule has 0 N–H and O–H groups in total. The molecule has 30 heavy (non-hydrogen) atoms. The molecule has 2 aromatic rings.